The maximum absolute atomic E-state index is 6.93. The van der Waals surface area contributed by atoms with Crippen LogP contribution in [0.25, 0.3) is 42.0 Å². The fraction of sp³-hybridized carbons (Fsp3) is 0.282. The highest BCUT2D eigenvalue weighted by Crippen LogP contribution is 2.43. The van der Waals surface area contributed by atoms with Crippen LogP contribution >= 0.6 is 0 Å². The van der Waals surface area contributed by atoms with Crippen molar-refractivity contribution in [1.82, 2.24) is 15.0 Å². The number of methoxy groups -OCH3 is 4. The van der Waals surface area contributed by atoms with E-state index < -0.39 is 0 Å². The van der Waals surface area contributed by atoms with E-state index in [0.29, 0.717) is 36.1 Å². The quantitative estimate of drug-likeness (QED) is 0.0314. The third kappa shape index (κ3) is 21.4. The Morgan fingerprint density at radius 3 is 1.24 bits per heavy atom. The molecule has 1 N–H and O–H groups in total. The van der Waals surface area contributed by atoms with Gasteiger partial charge in [-0.25, -0.2) is 4.99 Å². The number of aliphatic imine (C=N–C) groups is 1. The van der Waals surface area contributed by atoms with Crippen molar-refractivity contribution < 1.29 is 28.4 Å². The number of aromatic amines is 1. The van der Waals surface area contributed by atoms with Crippen molar-refractivity contribution in [2.75, 3.05) is 41.7 Å². The molecule has 9 rings (SSSR count). The first kappa shape index (κ1) is 69.1. The lowest BCUT2D eigenvalue weighted by Gasteiger charge is -2.17. The number of aromatic nitrogens is 3. The molecule has 0 atom stereocenters. The van der Waals surface area contributed by atoms with E-state index in [-0.39, 0.29) is 0 Å². The molecule has 0 saturated heterocycles. The van der Waals surface area contributed by atoms with Gasteiger partial charge in [0.05, 0.1) is 75.6 Å². The summed E-state index contributed by atoms with van der Waals surface area (Å²) in [6.45, 7) is 5.64. The van der Waals surface area contributed by atoms with Crippen LogP contribution in [-0.4, -0.2) is 62.3 Å². The van der Waals surface area contributed by atoms with Gasteiger partial charge in [0.25, 0.3) is 0 Å². The van der Waals surface area contributed by atoms with E-state index in [0.717, 1.165) is 127 Å². The minimum absolute atomic E-state index is 0.554. The molecule has 0 amide bonds. The van der Waals surface area contributed by atoms with Crippen LogP contribution in [0.1, 0.15) is 178 Å². The molecule has 0 saturated carbocycles. The van der Waals surface area contributed by atoms with Crippen LogP contribution in [-0.2, 0) is 0 Å². The Hall–Kier alpha value is -10.3. The maximum atomic E-state index is 6.93. The van der Waals surface area contributed by atoms with E-state index in [1.807, 2.05) is 109 Å². The first-order valence-electron chi connectivity index (χ1n) is 33.7. The van der Waals surface area contributed by atoms with Gasteiger partial charge in [-0.15, -0.1) is 0 Å². The molecule has 4 heterocycles. The molecule has 1 aliphatic heterocycles. The Labute approximate surface area is 564 Å². The van der Waals surface area contributed by atoms with Crippen molar-refractivity contribution in [3.63, 3.8) is 0 Å². The lowest BCUT2D eigenvalue weighted by Crippen LogP contribution is -2.03. The SMILES string of the molecule is CCCCCCCCCCOc1cc(OCCCCCCCCCC)cc(/C(=C2N=C(/C=C/c3ccc(OC)cc3)C(C#Cc3ccncc3)=C/2/C=C/c2ccc(OC)cc2)c2[nH]c(/C=C/c3ccc(OC)cc3)c(C#Cc3ccncc3)c2/C=C/c2ccc(OC)cc2)c1. The van der Waals surface area contributed by atoms with Gasteiger partial charge >= 0.3 is 0 Å². The van der Waals surface area contributed by atoms with Gasteiger partial charge in [0.2, 0.25) is 0 Å². The standard InChI is InChI=1S/C85H90N4O6/c1-7-9-11-13-15-17-19-21-59-94-75-61-70(62-76(63-75)95-60-22-20-18-16-14-12-10-8-2)83(84-79(47-33-64-23-37-71(90-3)38-24-64)77(45-31-68-51-55-86-56-52-68)81(88-84)49-35-66-27-41-73(92-5)42-28-66)85-80(48-34-65-25-39-72(91-4)40-26-65)78(46-32-69-53-57-87-58-54-69)82(89-85)50-36-67-29-43-74(93-6)44-30-67/h23-30,33-44,47-58,61-63,88H,7-22,59-60H2,1-6H3/b47-33+,48-34+,49-35+,50-36+,85-83-. The van der Waals surface area contributed by atoms with Gasteiger partial charge in [-0.3, -0.25) is 9.97 Å². The number of rotatable bonds is 34. The molecule has 1 aliphatic rings. The number of hydrogen-bond acceptors (Lipinski definition) is 9. The Balaban J connectivity index is 1.35. The van der Waals surface area contributed by atoms with Crippen molar-refractivity contribution >= 4 is 47.7 Å². The van der Waals surface area contributed by atoms with E-state index in [1.54, 1.807) is 53.2 Å². The van der Waals surface area contributed by atoms with Crippen LogP contribution < -0.4 is 28.4 Å². The molecule has 486 valence electrons. The predicted molar refractivity (Wildman–Crippen MR) is 393 cm³/mol. The van der Waals surface area contributed by atoms with Crippen LogP contribution in [0, 0.1) is 23.7 Å². The first-order valence-corrected chi connectivity index (χ1v) is 33.7. The average molecular weight is 1260 g/mol. The zero-order valence-corrected chi connectivity index (χ0v) is 56.2. The number of nitrogens with zero attached hydrogens (tertiary/aromatic N) is 3. The zero-order chi connectivity index (χ0) is 66.1. The summed E-state index contributed by atoms with van der Waals surface area (Å²) >= 11 is 0. The van der Waals surface area contributed by atoms with Crippen molar-refractivity contribution in [3.05, 3.63) is 255 Å². The van der Waals surface area contributed by atoms with Crippen LogP contribution in [0.3, 0.4) is 0 Å². The van der Waals surface area contributed by atoms with Gasteiger partial charge < -0.3 is 33.4 Å². The van der Waals surface area contributed by atoms with E-state index >= 15 is 0 Å². The maximum Gasteiger partial charge on any atom is 0.123 e. The number of benzene rings is 5. The molecule has 95 heavy (non-hydrogen) atoms. The number of H-pyrrole nitrogens is 1. The molecule has 0 unspecified atom stereocenters. The Kier molecular flexibility index (Phi) is 27.6. The molecular weight excluding hydrogens is 1170 g/mol. The summed E-state index contributed by atoms with van der Waals surface area (Å²) in [5.41, 5.74) is 13.0. The molecule has 0 bridgehead atoms. The van der Waals surface area contributed by atoms with Crippen molar-refractivity contribution in [3.8, 4) is 58.2 Å². The number of hydrogen-bond donors (Lipinski definition) is 1. The number of nitrogens with one attached hydrogen (secondary N) is 1. The molecule has 0 radical (unpaired) electrons. The highest BCUT2D eigenvalue weighted by molar-refractivity contribution is 6.18. The number of allylic oxidation sites excluding steroid dienone is 3. The second kappa shape index (κ2) is 38.0. The van der Waals surface area contributed by atoms with Crippen molar-refractivity contribution in [2.45, 2.75) is 117 Å². The van der Waals surface area contributed by atoms with Crippen molar-refractivity contribution in [1.29, 1.82) is 0 Å². The highest BCUT2D eigenvalue weighted by atomic mass is 16.5. The molecule has 0 spiro atoms. The second-order valence-electron chi connectivity index (χ2n) is 23.4. The summed E-state index contributed by atoms with van der Waals surface area (Å²) in [5.74, 6) is 18.9. The molecule has 3 aromatic heterocycles. The number of ether oxygens (including phenoxy) is 6. The lowest BCUT2D eigenvalue weighted by molar-refractivity contribution is 0.289. The Morgan fingerprint density at radius 1 is 0.400 bits per heavy atom. The fourth-order valence-electron chi connectivity index (χ4n) is 11.1. The largest absolute Gasteiger partial charge is 0.497 e. The Bertz CT molecular complexity index is 4020. The summed E-state index contributed by atoms with van der Waals surface area (Å²) in [6.07, 6.45) is 42.9. The molecule has 0 fully saturated rings. The summed E-state index contributed by atoms with van der Waals surface area (Å²) in [5, 5.41) is 0. The first-order chi connectivity index (χ1) is 46.8. The van der Waals surface area contributed by atoms with Gasteiger partial charge in [0, 0.05) is 58.7 Å². The Morgan fingerprint density at radius 2 is 0.800 bits per heavy atom. The molecule has 8 aromatic rings. The molecule has 5 aromatic carbocycles. The molecule has 10 nitrogen and oxygen atoms in total. The van der Waals surface area contributed by atoms with E-state index in [9.17, 15) is 0 Å². The summed E-state index contributed by atoms with van der Waals surface area (Å²) in [7, 11) is 6.72. The van der Waals surface area contributed by atoms with Gasteiger partial charge in [-0.1, -0.05) is 212 Å². The lowest BCUT2D eigenvalue weighted by atomic mass is 9.91. The topological polar surface area (TPSA) is 109 Å². The summed E-state index contributed by atoms with van der Waals surface area (Å²) in [6, 6.07) is 46.2. The third-order valence-electron chi connectivity index (χ3n) is 16.5. The van der Waals surface area contributed by atoms with Crippen molar-refractivity contribution in [2.24, 2.45) is 4.99 Å². The highest BCUT2D eigenvalue weighted by Gasteiger charge is 2.29. The second-order valence-corrected chi connectivity index (χ2v) is 23.4. The van der Waals surface area contributed by atoms with Crippen LogP contribution in [0.4, 0.5) is 0 Å². The minimum atomic E-state index is 0.554. The van der Waals surface area contributed by atoms with E-state index in [1.165, 1.54) is 77.0 Å². The summed E-state index contributed by atoms with van der Waals surface area (Å²) < 4.78 is 36.3. The monoisotopic (exact) mass is 1260 g/mol. The molecule has 0 aliphatic carbocycles. The van der Waals surface area contributed by atoms with Gasteiger partial charge in [0.1, 0.15) is 34.5 Å². The molecule has 10 heteroatoms. The van der Waals surface area contributed by atoms with E-state index in [2.05, 4.69) is 131 Å². The average Bonchev–Trinajstić information content (AvgIpc) is 1.62. The normalized spacial score (nSPS) is 12.7. The van der Waals surface area contributed by atoms with Crippen LogP contribution in [0.5, 0.6) is 34.5 Å². The molecular formula is C85H90N4O6. The zero-order valence-electron chi connectivity index (χ0n) is 56.2. The van der Waals surface area contributed by atoms with E-state index in [4.69, 9.17) is 33.4 Å². The number of unbranched alkanes of at least 4 members (excludes halogenated alkanes) is 14. The van der Waals surface area contributed by atoms with Gasteiger partial charge in [-0.05, 0) is 138 Å². The van der Waals surface area contributed by atoms with Crippen LogP contribution in [0.2, 0.25) is 0 Å². The summed E-state index contributed by atoms with van der Waals surface area (Å²) in [4.78, 5) is 18.5. The minimum Gasteiger partial charge on any atom is -0.497 e. The third-order valence-corrected chi connectivity index (χ3v) is 16.5. The smallest absolute Gasteiger partial charge is 0.123 e. The predicted octanol–water partition coefficient (Wildman–Crippen LogP) is 20.6. The van der Waals surface area contributed by atoms with Gasteiger partial charge in [0.15, 0.2) is 0 Å². The fourth-order valence-corrected chi connectivity index (χ4v) is 11.1. The van der Waals surface area contributed by atoms with Gasteiger partial charge in [-0.2, -0.15) is 0 Å². The number of pyridine rings is 2. The van der Waals surface area contributed by atoms with Crippen LogP contribution in [0.15, 0.2) is 198 Å².